The molecule has 22 heavy (non-hydrogen) atoms. The zero-order valence-electron chi connectivity index (χ0n) is 13.2. The Kier molecular flexibility index (Phi) is 4.65. The molecule has 1 aromatic carbocycles. The summed E-state index contributed by atoms with van der Waals surface area (Å²) in [6.45, 7) is 7.34. The van der Waals surface area contributed by atoms with Crippen molar-refractivity contribution in [2.75, 3.05) is 11.9 Å². The van der Waals surface area contributed by atoms with E-state index in [1.165, 1.54) is 0 Å². The van der Waals surface area contributed by atoms with Crippen molar-refractivity contribution in [1.82, 2.24) is 5.32 Å². The van der Waals surface area contributed by atoms with Gasteiger partial charge in [-0.2, -0.15) is 0 Å². The first kappa shape index (κ1) is 15.8. The highest BCUT2D eigenvalue weighted by molar-refractivity contribution is 6.00. The van der Waals surface area contributed by atoms with Crippen LogP contribution in [0, 0.1) is 27.7 Å². The van der Waals surface area contributed by atoms with Crippen LogP contribution in [-0.2, 0) is 4.79 Å². The van der Waals surface area contributed by atoms with Crippen molar-refractivity contribution < 1.29 is 14.0 Å². The molecule has 0 aliphatic heterocycles. The summed E-state index contributed by atoms with van der Waals surface area (Å²) in [5.41, 5.74) is 3.33. The largest absolute Gasteiger partial charge is 0.466 e. The molecule has 2 amide bonds. The molecular weight excluding hydrogens is 280 g/mol. The minimum Gasteiger partial charge on any atom is -0.466 e. The Balaban J connectivity index is 1.94. The van der Waals surface area contributed by atoms with E-state index in [0.717, 1.165) is 16.8 Å². The summed E-state index contributed by atoms with van der Waals surface area (Å²) < 4.78 is 5.31. The van der Waals surface area contributed by atoms with Crippen LogP contribution < -0.4 is 10.6 Å². The highest BCUT2D eigenvalue weighted by atomic mass is 16.3. The van der Waals surface area contributed by atoms with Crippen molar-refractivity contribution in [2.45, 2.75) is 27.7 Å². The van der Waals surface area contributed by atoms with Gasteiger partial charge in [-0.1, -0.05) is 12.1 Å². The Morgan fingerprint density at radius 2 is 1.86 bits per heavy atom. The van der Waals surface area contributed by atoms with Crippen LogP contribution in [0.2, 0.25) is 0 Å². The maximum Gasteiger partial charge on any atom is 0.255 e. The molecule has 0 atom stereocenters. The monoisotopic (exact) mass is 300 g/mol. The van der Waals surface area contributed by atoms with Crippen LogP contribution in [0.5, 0.6) is 0 Å². The van der Waals surface area contributed by atoms with Crippen molar-refractivity contribution in [3.8, 4) is 0 Å². The van der Waals surface area contributed by atoms with E-state index in [2.05, 4.69) is 10.6 Å². The number of hydrogen-bond donors (Lipinski definition) is 2. The average Bonchev–Trinajstić information content (AvgIpc) is 2.80. The van der Waals surface area contributed by atoms with Gasteiger partial charge in [0, 0.05) is 5.69 Å². The van der Waals surface area contributed by atoms with Gasteiger partial charge < -0.3 is 15.1 Å². The highest BCUT2D eigenvalue weighted by Crippen LogP contribution is 2.17. The van der Waals surface area contributed by atoms with Crippen LogP contribution in [0.15, 0.2) is 28.7 Å². The van der Waals surface area contributed by atoms with E-state index in [9.17, 15) is 9.59 Å². The van der Waals surface area contributed by atoms with E-state index in [4.69, 9.17) is 4.42 Å². The van der Waals surface area contributed by atoms with Gasteiger partial charge in [-0.05, 0) is 51.0 Å². The number of anilines is 1. The molecule has 116 valence electrons. The topological polar surface area (TPSA) is 71.3 Å². The average molecular weight is 300 g/mol. The normalized spacial score (nSPS) is 10.4. The fraction of sp³-hybridized carbons (Fsp3) is 0.294. The molecule has 0 bridgehead atoms. The van der Waals surface area contributed by atoms with Crippen molar-refractivity contribution in [3.63, 3.8) is 0 Å². The molecule has 1 heterocycles. The van der Waals surface area contributed by atoms with Crippen LogP contribution in [0.3, 0.4) is 0 Å². The van der Waals surface area contributed by atoms with Gasteiger partial charge in [0.2, 0.25) is 5.91 Å². The molecule has 0 saturated heterocycles. The van der Waals surface area contributed by atoms with E-state index >= 15 is 0 Å². The molecule has 2 aromatic rings. The van der Waals surface area contributed by atoms with Gasteiger partial charge in [-0.25, -0.2) is 0 Å². The minimum atomic E-state index is -0.314. The molecule has 0 aliphatic carbocycles. The lowest BCUT2D eigenvalue weighted by Crippen LogP contribution is -2.33. The second-order valence-corrected chi connectivity index (χ2v) is 5.31. The van der Waals surface area contributed by atoms with Crippen LogP contribution in [0.4, 0.5) is 5.69 Å². The number of carbonyl (C=O) groups is 2. The van der Waals surface area contributed by atoms with Crippen LogP contribution in [-0.4, -0.2) is 18.4 Å². The van der Waals surface area contributed by atoms with Gasteiger partial charge in [0.15, 0.2) is 0 Å². The number of aryl methyl sites for hydroxylation is 3. The second kappa shape index (κ2) is 6.47. The van der Waals surface area contributed by atoms with E-state index < -0.39 is 0 Å². The Bertz CT molecular complexity index is 717. The quantitative estimate of drug-likeness (QED) is 0.912. The standard InChI is InChI=1S/C17H20N2O3/c1-10-6-5-7-15(12(10)3)19-16(20)9-18-17(21)14-8-11(2)22-13(14)4/h5-8H,9H2,1-4H3,(H,18,21)(H,19,20). The first-order valence-electron chi connectivity index (χ1n) is 7.09. The van der Waals surface area contributed by atoms with Crippen molar-refractivity contribution in [3.05, 3.63) is 52.5 Å². The molecule has 5 nitrogen and oxygen atoms in total. The van der Waals surface area contributed by atoms with E-state index in [1.54, 1.807) is 19.9 Å². The molecule has 0 aliphatic rings. The lowest BCUT2D eigenvalue weighted by Gasteiger charge is -2.10. The number of furan rings is 1. The van der Waals surface area contributed by atoms with E-state index in [1.807, 2.05) is 32.0 Å². The Morgan fingerprint density at radius 1 is 1.14 bits per heavy atom. The minimum absolute atomic E-state index is 0.0874. The van der Waals surface area contributed by atoms with Crippen molar-refractivity contribution in [2.24, 2.45) is 0 Å². The van der Waals surface area contributed by atoms with Crippen LogP contribution >= 0.6 is 0 Å². The van der Waals surface area contributed by atoms with Gasteiger partial charge in [0.05, 0.1) is 12.1 Å². The fourth-order valence-corrected chi connectivity index (χ4v) is 2.19. The van der Waals surface area contributed by atoms with Crippen molar-refractivity contribution >= 4 is 17.5 Å². The predicted molar refractivity (Wildman–Crippen MR) is 85.1 cm³/mol. The predicted octanol–water partition coefficient (Wildman–Crippen LogP) is 2.88. The summed E-state index contributed by atoms with van der Waals surface area (Å²) in [6, 6.07) is 7.36. The van der Waals surface area contributed by atoms with E-state index in [-0.39, 0.29) is 18.4 Å². The Morgan fingerprint density at radius 3 is 2.50 bits per heavy atom. The maximum absolute atomic E-state index is 12.0. The van der Waals surface area contributed by atoms with Gasteiger partial charge >= 0.3 is 0 Å². The number of hydrogen-bond acceptors (Lipinski definition) is 3. The van der Waals surface area contributed by atoms with E-state index in [0.29, 0.717) is 17.1 Å². The van der Waals surface area contributed by atoms with Crippen LogP contribution in [0.25, 0.3) is 0 Å². The number of carbonyl (C=O) groups excluding carboxylic acids is 2. The summed E-state index contributed by atoms with van der Waals surface area (Å²) in [7, 11) is 0. The summed E-state index contributed by atoms with van der Waals surface area (Å²) in [5.74, 6) is 0.637. The Hall–Kier alpha value is -2.56. The number of rotatable bonds is 4. The molecule has 0 radical (unpaired) electrons. The Labute approximate surface area is 129 Å². The molecule has 5 heteroatoms. The third-order valence-electron chi connectivity index (χ3n) is 3.57. The molecular formula is C17H20N2O3. The first-order chi connectivity index (χ1) is 10.4. The smallest absolute Gasteiger partial charge is 0.255 e. The first-order valence-corrected chi connectivity index (χ1v) is 7.09. The molecule has 0 spiro atoms. The molecule has 1 aromatic heterocycles. The van der Waals surface area contributed by atoms with Gasteiger partial charge in [-0.3, -0.25) is 9.59 Å². The van der Waals surface area contributed by atoms with Gasteiger partial charge in [0.25, 0.3) is 5.91 Å². The lowest BCUT2D eigenvalue weighted by atomic mass is 10.1. The summed E-state index contributed by atoms with van der Waals surface area (Å²) in [6.07, 6.45) is 0. The van der Waals surface area contributed by atoms with Gasteiger partial charge in [-0.15, -0.1) is 0 Å². The van der Waals surface area contributed by atoms with Crippen LogP contribution in [0.1, 0.15) is 33.0 Å². The molecule has 2 rings (SSSR count). The molecule has 2 N–H and O–H groups in total. The number of amides is 2. The lowest BCUT2D eigenvalue weighted by molar-refractivity contribution is -0.115. The number of nitrogens with one attached hydrogen (secondary N) is 2. The molecule has 0 fully saturated rings. The fourth-order valence-electron chi connectivity index (χ4n) is 2.19. The molecule has 0 saturated carbocycles. The maximum atomic E-state index is 12.0. The second-order valence-electron chi connectivity index (χ2n) is 5.31. The number of benzene rings is 1. The summed E-state index contributed by atoms with van der Waals surface area (Å²) in [5, 5.41) is 5.40. The summed E-state index contributed by atoms with van der Waals surface area (Å²) in [4.78, 5) is 24.0. The third kappa shape index (κ3) is 3.55. The van der Waals surface area contributed by atoms with Crippen molar-refractivity contribution in [1.29, 1.82) is 0 Å². The zero-order chi connectivity index (χ0) is 16.3. The highest BCUT2D eigenvalue weighted by Gasteiger charge is 2.14. The SMILES string of the molecule is Cc1cc(C(=O)NCC(=O)Nc2cccc(C)c2C)c(C)o1. The van der Waals surface area contributed by atoms with Gasteiger partial charge in [0.1, 0.15) is 11.5 Å². The summed E-state index contributed by atoms with van der Waals surface area (Å²) >= 11 is 0. The third-order valence-corrected chi connectivity index (χ3v) is 3.57. The zero-order valence-corrected chi connectivity index (χ0v) is 13.2. The molecule has 0 unspecified atom stereocenters.